The Kier molecular flexibility index (Phi) is 2.68. The zero-order valence-corrected chi connectivity index (χ0v) is 8.57. The molecular weight excluding hydrogens is 192 g/mol. The fraction of sp³-hybridized carbons (Fsp3) is 0.333. The van der Waals surface area contributed by atoms with E-state index in [0.717, 1.165) is 24.4 Å². The van der Waals surface area contributed by atoms with Crippen molar-refractivity contribution >= 4 is 17.3 Å². The zero-order valence-electron chi connectivity index (χ0n) is 8.57. The van der Waals surface area contributed by atoms with Crippen molar-refractivity contribution in [3.63, 3.8) is 0 Å². The topological polar surface area (TPSA) is 80.3 Å². The molecule has 0 radical (unpaired) electrons. The first-order valence-electron chi connectivity index (χ1n) is 4.89. The number of imidazole rings is 1. The van der Waals surface area contributed by atoms with Gasteiger partial charge in [-0.3, -0.25) is 0 Å². The van der Waals surface area contributed by atoms with Crippen molar-refractivity contribution in [3.8, 4) is 0 Å². The van der Waals surface area contributed by atoms with E-state index in [1.165, 1.54) is 0 Å². The molecule has 0 aliphatic heterocycles. The van der Waals surface area contributed by atoms with E-state index in [1.807, 2.05) is 10.6 Å². The highest BCUT2D eigenvalue weighted by Gasteiger charge is 2.05. The zero-order chi connectivity index (χ0) is 10.7. The van der Waals surface area contributed by atoms with Gasteiger partial charge in [-0.2, -0.15) is 0 Å². The van der Waals surface area contributed by atoms with E-state index in [-0.39, 0.29) is 0 Å². The van der Waals surface area contributed by atoms with Crippen molar-refractivity contribution in [2.75, 3.05) is 17.3 Å². The fourth-order valence-electron chi connectivity index (χ4n) is 1.36. The summed E-state index contributed by atoms with van der Waals surface area (Å²) in [5.74, 6) is 6.69. The van der Waals surface area contributed by atoms with Gasteiger partial charge in [-0.15, -0.1) is 0 Å². The van der Waals surface area contributed by atoms with Gasteiger partial charge in [-0.05, 0) is 6.42 Å². The molecule has 4 N–H and O–H groups in total. The van der Waals surface area contributed by atoms with E-state index in [9.17, 15) is 0 Å². The Morgan fingerprint density at radius 3 is 3.13 bits per heavy atom. The average molecular weight is 206 g/mol. The molecule has 0 unspecified atom stereocenters. The maximum Gasteiger partial charge on any atom is 0.180 e. The van der Waals surface area contributed by atoms with Gasteiger partial charge in [0, 0.05) is 18.9 Å². The van der Waals surface area contributed by atoms with E-state index in [4.69, 9.17) is 5.84 Å². The van der Waals surface area contributed by atoms with Crippen LogP contribution in [0.3, 0.4) is 0 Å². The van der Waals surface area contributed by atoms with Crippen LogP contribution < -0.4 is 16.6 Å². The van der Waals surface area contributed by atoms with Crippen molar-refractivity contribution in [1.29, 1.82) is 0 Å². The molecule has 0 fully saturated rings. The molecule has 80 valence electrons. The predicted molar refractivity (Wildman–Crippen MR) is 59.6 cm³/mol. The Bertz CT molecular complexity index is 449. The van der Waals surface area contributed by atoms with Gasteiger partial charge in [0.05, 0.1) is 6.20 Å². The highest BCUT2D eigenvalue weighted by molar-refractivity contribution is 5.65. The van der Waals surface area contributed by atoms with Gasteiger partial charge in [-0.25, -0.2) is 15.8 Å². The molecular formula is C9H14N6. The Hall–Kier alpha value is -1.82. The molecule has 0 aliphatic rings. The number of hydrazine groups is 1. The van der Waals surface area contributed by atoms with Gasteiger partial charge in [0.1, 0.15) is 0 Å². The molecule has 0 amide bonds. The fourth-order valence-corrected chi connectivity index (χ4v) is 1.36. The van der Waals surface area contributed by atoms with Crippen molar-refractivity contribution < 1.29 is 0 Å². The number of hydrogen-bond acceptors (Lipinski definition) is 5. The number of nitrogen functional groups attached to an aromatic ring is 1. The second-order valence-corrected chi connectivity index (χ2v) is 3.20. The lowest BCUT2D eigenvalue weighted by Gasteiger charge is -2.07. The number of nitrogens with zero attached hydrogens (tertiary/aromatic N) is 3. The van der Waals surface area contributed by atoms with E-state index < -0.39 is 0 Å². The molecule has 0 aliphatic carbocycles. The second kappa shape index (κ2) is 4.14. The first-order chi connectivity index (χ1) is 7.35. The Labute approximate surface area is 87.5 Å². The minimum absolute atomic E-state index is 0.610. The number of nitrogens with one attached hydrogen (secondary N) is 2. The summed E-state index contributed by atoms with van der Waals surface area (Å²) in [7, 11) is 0. The van der Waals surface area contributed by atoms with Crippen molar-refractivity contribution in [1.82, 2.24) is 14.4 Å². The van der Waals surface area contributed by atoms with Crippen molar-refractivity contribution in [2.45, 2.75) is 13.3 Å². The molecule has 0 bridgehead atoms. The van der Waals surface area contributed by atoms with Gasteiger partial charge >= 0.3 is 0 Å². The maximum absolute atomic E-state index is 5.33. The third-order valence-corrected chi connectivity index (χ3v) is 2.06. The molecule has 0 atom stereocenters. The van der Waals surface area contributed by atoms with Crippen molar-refractivity contribution in [3.05, 3.63) is 18.6 Å². The molecule has 6 nitrogen and oxygen atoms in total. The summed E-state index contributed by atoms with van der Waals surface area (Å²) >= 11 is 0. The van der Waals surface area contributed by atoms with Crippen LogP contribution in [-0.2, 0) is 0 Å². The Morgan fingerprint density at radius 2 is 2.40 bits per heavy atom. The Morgan fingerprint density at radius 1 is 1.53 bits per heavy atom. The quantitative estimate of drug-likeness (QED) is 0.510. The monoisotopic (exact) mass is 206 g/mol. The van der Waals surface area contributed by atoms with E-state index >= 15 is 0 Å². The van der Waals surface area contributed by atoms with Crippen LogP contribution in [0.4, 0.5) is 11.6 Å². The first kappa shape index (κ1) is 9.72. The highest BCUT2D eigenvalue weighted by Crippen LogP contribution is 2.15. The van der Waals surface area contributed by atoms with Gasteiger partial charge in [0.2, 0.25) is 0 Å². The lowest BCUT2D eigenvalue weighted by molar-refractivity contribution is 0.964. The van der Waals surface area contributed by atoms with Crippen LogP contribution in [0.1, 0.15) is 13.3 Å². The molecule has 0 spiro atoms. The number of aromatic nitrogens is 3. The van der Waals surface area contributed by atoms with Crippen LogP contribution in [0, 0.1) is 0 Å². The van der Waals surface area contributed by atoms with Gasteiger partial charge in [-0.1, -0.05) is 6.92 Å². The smallest absolute Gasteiger partial charge is 0.180 e. The summed E-state index contributed by atoms with van der Waals surface area (Å²) < 4.78 is 1.88. The number of nitrogens with two attached hydrogens (primary N) is 1. The first-order valence-corrected chi connectivity index (χ1v) is 4.89. The van der Waals surface area contributed by atoms with Gasteiger partial charge in [0.15, 0.2) is 17.3 Å². The summed E-state index contributed by atoms with van der Waals surface area (Å²) in [6.07, 6.45) is 6.41. The van der Waals surface area contributed by atoms with Crippen LogP contribution in [0.5, 0.6) is 0 Å². The van der Waals surface area contributed by atoms with Crippen LogP contribution in [0.2, 0.25) is 0 Å². The number of anilines is 2. The predicted octanol–water partition coefficient (Wildman–Crippen LogP) is 0.837. The molecule has 6 heteroatoms. The molecule has 2 heterocycles. The molecule has 2 aromatic heterocycles. The molecule has 2 aromatic rings. The molecule has 2 rings (SSSR count). The maximum atomic E-state index is 5.33. The summed E-state index contributed by atoms with van der Waals surface area (Å²) in [5, 5.41) is 3.21. The van der Waals surface area contributed by atoms with Crippen LogP contribution >= 0.6 is 0 Å². The SMILES string of the molecule is CCCNc1nc(NN)cn2ccnc12. The third kappa shape index (κ3) is 1.84. The largest absolute Gasteiger partial charge is 0.367 e. The molecule has 0 saturated carbocycles. The van der Waals surface area contributed by atoms with Crippen LogP contribution in [0.15, 0.2) is 18.6 Å². The van der Waals surface area contributed by atoms with Crippen LogP contribution in [0.25, 0.3) is 5.65 Å². The van der Waals surface area contributed by atoms with Crippen LogP contribution in [-0.4, -0.2) is 20.9 Å². The lowest BCUT2D eigenvalue weighted by atomic mass is 10.4. The summed E-state index contributed by atoms with van der Waals surface area (Å²) in [6.45, 7) is 2.96. The van der Waals surface area contributed by atoms with Crippen molar-refractivity contribution in [2.24, 2.45) is 5.84 Å². The van der Waals surface area contributed by atoms with Gasteiger partial charge < -0.3 is 15.1 Å². The molecule has 0 aromatic carbocycles. The molecule has 0 saturated heterocycles. The highest BCUT2D eigenvalue weighted by atomic mass is 15.3. The van der Waals surface area contributed by atoms with E-state index in [2.05, 4.69) is 27.6 Å². The average Bonchev–Trinajstić information content (AvgIpc) is 2.73. The van der Waals surface area contributed by atoms with E-state index in [1.54, 1.807) is 12.4 Å². The summed E-state index contributed by atoms with van der Waals surface area (Å²) in [6, 6.07) is 0. The standard InChI is InChI=1S/C9H14N6/c1-2-3-11-8-9-12-4-5-15(9)6-7(13-8)14-10/h4-6,14H,2-3,10H2,1H3,(H,11,13). The third-order valence-electron chi connectivity index (χ3n) is 2.06. The Balaban J connectivity index is 2.43. The minimum atomic E-state index is 0.610. The van der Waals surface area contributed by atoms with Gasteiger partial charge in [0.25, 0.3) is 0 Å². The lowest BCUT2D eigenvalue weighted by Crippen LogP contribution is -2.12. The number of rotatable bonds is 4. The normalized spacial score (nSPS) is 10.5. The number of fused-ring (bicyclic) bond motifs is 1. The second-order valence-electron chi connectivity index (χ2n) is 3.20. The minimum Gasteiger partial charge on any atom is -0.367 e. The summed E-state index contributed by atoms with van der Waals surface area (Å²) in [5.41, 5.74) is 3.33. The molecule has 15 heavy (non-hydrogen) atoms. The van der Waals surface area contributed by atoms with E-state index in [0.29, 0.717) is 5.82 Å². The summed E-state index contributed by atoms with van der Waals surface area (Å²) in [4.78, 5) is 8.51. The number of hydrogen-bond donors (Lipinski definition) is 3.